The Kier molecular flexibility index (Phi) is 3.65. The minimum absolute atomic E-state index is 0.0604. The van der Waals surface area contributed by atoms with Crippen molar-refractivity contribution in [1.29, 1.82) is 0 Å². The average Bonchev–Trinajstić information content (AvgIpc) is 2.14. The summed E-state index contributed by atoms with van der Waals surface area (Å²) in [6.45, 7) is 3.54. The molecule has 3 nitrogen and oxygen atoms in total. The Labute approximate surface area is 94.1 Å². The summed E-state index contributed by atoms with van der Waals surface area (Å²) in [7, 11) is 0. The number of rotatable bonds is 4. The van der Waals surface area contributed by atoms with Crippen LogP contribution >= 0.6 is 0 Å². The third-order valence-corrected chi connectivity index (χ3v) is 2.55. The predicted octanol–water partition coefficient (Wildman–Crippen LogP) is 2.12. The largest absolute Gasteiger partial charge is 0.481 e. The van der Waals surface area contributed by atoms with E-state index in [0.717, 1.165) is 5.56 Å². The van der Waals surface area contributed by atoms with E-state index in [-0.39, 0.29) is 18.2 Å². The molecule has 0 amide bonds. The van der Waals surface area contributed by atoms with Gasteiger partial charge in [-0.3, -0.25) is 4.79 Å². The number of halogens is 1. The zero-order valence-corrected chi connectivity index (χ0v) is 9.40. The van der Waals surface area contributed by atoms with E-state index < -0.39 is 11.5 Å². The van der Waals surface area contributed by atoms with Crippen LogP contribution in [0.2, 0.25) is 0 Å². The lowest BCUT2D eigenvalue weighted by molar-refractivity contribution is -0.137. The minimum Gasteiger partial charge on any atom is -0.481 e. The normalized spacial score (nSPS) is 13.5. The highest BCUT2D eigenvalue weighted by Gasteiger charge is 2.28. The lowest BCUT2D eigenvalue weighted by Crippen LogP contribution is -2.40. The average molecular weight is 225 g/mol. The molecule has 3 N–H and O–H groups in total. The molecule has 0 aromatic heterocycles. The lowest BCUT2D eigenvalue weighted by atomic mass is 9.80. The zero-order chi connectivity index (χ0) is 12.3. The van der Waals surface area contributed by atoms with Crippen LogP contribution in [0.5, 0.6) is 0 Å². The number of nitrogens with two attached hydrogens (primary N) is 1. The van der Waals surface area contributed by atoms with E-state index in [4.69, 9.17) is 10.8 Å². The number of hydrogen-bond donors (Lipinski definition) is 2. The van der Waals surface area contributed by atoms with Gasteiger partial charge in [-0.25, -0.2) is 4.39 Å². The van der Waals surface area contributed by atoms with Gasteiger partial charge in [0.2, 0.25) is 0 Å². The van der Waals surface area contributed by atoms with Crippen molar-refractivity contribution >= 4 is 5.97 Å². The van der Waals surface area contributed by atoms with Crippen LogP contribution < -0.4 is 5.73 Å². The summed E-state index contributed by atoms with van der Waals surface area (Å²) in [6.07, 6.45) is -0.0604. The highest BCUT2D eigenvalue weighted by atomic mass is 19.1. The maximum atomic E-state index is 12.8. The van der Waals surface area contributed by atoms with Crippen molar-refractivity contribution in [3.05, 3.63) is 35.6 Å². The molecule has 0 bridgehead atoms. The Hall–Kier alpha value is -1.42. The standard InChI is InChI=1S/C12H16FNO2/c1-12(2,14)10(7-11(15)16)8-3-5-9(13)6-4-8/h3-6,10H,7,14H2,1-2H3,(H,15,16). The van der Waals surface area contributed by atoms with Gasteiger partial charge >= 0.3 is 5.97 Å². The van der Waals surface area contributed by atoms with E-state index in [1.54, 1.807) is 26.0 Å². The van der Waals surface area contributed by atoms with Crippen LogP contribution in [-0.2, 0) is 4.79 Å². The molecule has 16 heavy (non-hydrogen) atoms. The van der Waals surface area contributed by atoms with Crippen molar-refractivity contribution < 1.29 is 14.3 Å². The van der Waals surface area contributed by atoms with Crippen molar-refractivity contribution in [3.63, 3.8) is 0 Å². The molecule has 0 fully saturated rings. The fourth-order valence-corrected chi connectivity index (χ4v) is 1.68. The van der Waals surface area contributed by atoms with Crippen LogP contribution in [0.1, 0.15) is 31.7 Å². The first-order chi connectivity index (χ1) is 7.30. The summed E-state index contributed by atoms with van der Waals surface area (Å²) in [5.74, 6) is -1.58. The molecular formula is C12H16FNO2. The van der Waals surface area contributed by atoms with Gasteiger partial charge in [-0.1, -0.05) is 12.1 Å². The van der Waals surface area contributed by atoms with Crippen LogP contribution in [0.3, 0.4) is 0 Å². The zero-order valence-electron chi connectivity index (χ0n) is 9.40. The molecule has 1 aromatic carbocycles. The molecule has 1 unspecified atom stereocenters. The number of aliphatic carboxylic acids is 1. The monoisotopic (exact) mass is 225 g/mol. The third kappa shape index (κ3) is 3.31. The van der Waals surface area contributed by atoms with Crippen molar-refractivity contribution in [3.8, 4) is 0 Å². The van der Waals surface area contributed by atoms with Gasteiger partial charge in [0.15, 0.2) is 0 Å². The van der Waals surface area contributed by atoms with Crippen molar-refractivity contribution in [1.82, 2.24) is 0 Å². The van der Waals surface area contributed by atoms with E-state index in [9.17, 15) is 9.18 Å². The van der Waals surface area contributed by atoms with Gasteiger partial charge in [0.1, 0.15) is 5.82 Å². The van der Waals surface area contributed by atoms with Gasteiger partial charge in [0, 0.05) is 11.5 Å². The Morgan fingerprint density at radius 1 is 1.44 bits per heavy atom. The topological polar surface area (TPSA) is 63.3 Å². The quantitative estimate of drug-likeness (QED) is 0.825. The van der Waals surface area contributed by atoms with E-state index >= 15 is 0 Å². The molecular weight excluding hydrogens is 209 g/mol. The maximum Gasteiger partial charge on any atom is 0.304 e. The van der Waals surface area contributed by atoms with Crippen molar-refractivity contribution in [2.75, 3.05) is 0 Å². The van der Waals surface area contributed by atoms with Crippen LogP contribution in [-0.4, -0.2) is 16.6 Å². The van der Waals surface area contributed by atoms with E-state index in [0.29, 0.717) is 0 Å². The first-order valence-electron chi connectivity index (χ1n) is 5.07. The van der Waals surface area contributed by atoms with Crippen LogP contribution in [0, 0.1) is 5.82 Å². The molecule has 0 aliphatic rings. The van der Waals surface area contributed by atoms with Gasteiger partial charge in [-0.05, 0) is 31.5 Å². The molecule has 0 radical (unpaired) electrons. The van der Waals surface area contributed by atoms with Gasteiger partial charge in [-0.15, -0.1) is 0 Å². The molecule has 1 aromatic rings. The van der Waals surface area contributed by atoms with Gasteiger partial charge in [0.25, 0.3) is 0 Å². The molecule has 1 atom stereocenters. The van der Waals surface area contributed by atoms with Crippen molar-refractivity contribution in [2.24, 2.45) is 5.73 Å². The Balaban J connectivity index is 3.01. The summed E-state index contributed by atoms with van der Waals surface area (Å²) in [4.78, 5) is 10.8. The van der Waals surface area contributed by atoms with Crippen LogP contribution in [0.15, 0.2) is 24.3 Å². The van der Waals surface area contributed by atoms with Gasteiger partial charge in [0.05, 0.1) is 6.42 Å². The van der Waals surface area contributed by atoms with Crippen LogP contribution in [0.25, 0.3) is 0 Å². The Morgan fingerprint density at radius 3 is 2.31 bits per heavy atom. The first kappa shape index (κ1) is 12.6. The number of hydrogen-bond acceptors (Lipinski definition) is 2. The second-order valence-electron chi connectivity index (χ2n) is 4.52. The highest BCUT2D eigenvalue weighted by Crippen LogP contribution is 2.29. The third-order valence-electron chi connectivity index (χ3n) is 2.55. The van der Waals surface area contributed by atoms with Crippen LogP contribution in [0.4, 0.5) is 4.39 Å². The molecule has 0 saturated carbocycles. The lowest BCUT2D eigenvalue weighted by Gasteiger charge is -2.29. The van der Waals surface area contributed by atoms with E-state index in [2.05, 4.69) is 0 Å². The molecule has 4 heteroatoms. The molecule has 0 aliphatic heterocycles. The molecule has 0 spiro atoms. The summed E-state index contributed by atoms with van der Waals surface area (Å²) in [5.41, 5.74) is 6.03. The second-order valence-corrected chi connectivity index (χ2v) is 4.52. The Bertz CT molecular complexity index is 368. The summed E-state index contributed by atoms with van der Waals surface area (Å²) < 4.78 is 12.8. The van der Waals surface area contributed by atoms with Gasteiger partial charge < -0.3 is 10.8 Å². The number of carbonyl (C=O) groups is 1. The van der Waals surface area contributed by atoms with Gasteiger partial charge in [-0.2, -0.15) is 0 Å². The first-order valence-corrected chi connectivity index (χ1v) is 5.07. The van der Waals surface area contributed by atoms with Crippen molar-refractivity contribution in [2.45, 2.75) is 31.7 Å². The maximum absolute atomic E-state index is 12.8. The number of carboxylic acid groups (broad SMARTS) is 1. The summed E-state index contributed by atoms with van der Waals surface area (Å²) in [5, 5.41) is 8.83. The fourth-order valence-electron chi connectivity index (χ4n) is 1.68. The predicted molar refractivity (Wildman–Crippen MR) is 59.7 cm³/mol. The molecule has 88 valence electrons. The molecule has 0 saturated heterocycles. The SMILES string of the molecule is CC(C)(N)C(CC(=O)O)c1ccc(F)cc1. The molecule has 0 aliphatic carbocycles. The fraction of sp³-hybridized carbons (Fsp3) is 0.417. The highest BCUT2D eigenvalue weighted by molar-refractivity contribution is 5.68. The summed E-state index contributed by atoms with van der Waals surface area (Å²) >= 11 is 0. The smallest absolute Gasteiger partial charge is 0.304 e. The molecule has 1 rings (SSSR count). The minimum atomic E-state index is -0.909. The molecule has 0 heterocycles. The van der Waals surface area contributed by atoms with E-state index in [1.165, 1.54) is 12.1 Å². The second kappa shape index (κ2) is 4.61. The van der Waals surface area contributed by atoms with E-state index in [1.807, 2.05) is 0 Å². The summed E-state index contributed by atoms with van der Waals surface area (Å²) in [6, 6.07) is 5.79. The number of benzene rings is 1. The Morgan fingerprint density at radius 2 is 1.94 bits per heavy atom. The number of carboxylic acids is 1.